The molecule has 1 heterocycles. The number of Topliss-reactive ketones (excluding diaryl/α,β-unsaturated/α-hetero) is 1. The lowest BCUT2D eigenvalue weighted by molar-refractivity contribution is -0.187. The molecule has 8 aliphatic rings. The predicted octanol–water partition coefficient (Wildman–Crippen LogP) is 7.64. The third-order valence-corrected chi connectivity index (χ3v) is 18.3. The minimum atomic E-state index is -1.39. The summed E-state index contributed by atoms with van der Waals surface area (Å²) in [5, 5.41) is 24.6. The third kappa shape index (κ3) is 4.96. The van der Waals surface area contributed by atoms with Gasteiger partial charge in [-0.25, -0.2) is 0 Å². The molecule has 316 valence electrons. The fourth-order valence-corrected chi connectivity index (χ4v) is 14.2. The molecule has 0 aromatic heterocycles. The zero-order valence-electron chi connectivity index (χ0n) is 36.0. The Bertz CT molecular complexity index is 2180. The van der Waals surface area contributed by atoms with Crippen LogP contribution in [-0.4, -0.2) is 78.0 Å². The van der Waals surface area contributed by atoms with Crippen LogP contribution in [0.1, 0.15) is 108 Å². The number of fused-ring (bicyclic) bond motifs is 3. The number of ketones is 1. The third-order valence-electron chi connectivity index (χ3n) is 18.3. The van der Waals surface area contributed by atoms with E-state index in [0.717, 1.165) is 24.0 Å². The van der Waals surface area contributed by atoms with Crippen LogP contribution in [0.25, 0.3) is 0 Å². The first-order valence-electron chi connectivity index (χ1n) is 21.6. The van der Waals surface area contributed by atoms with Gasteiger partial charge in [-0.05, 0) is 118 Å². The van der Waals surface area contributed by atoms with Gasteiger partial charge < -0.3 is 34.1 Å². The van der Waals surface area contributed by atoms with Crippen LogP contribution in [0.4, 0.5) is 0 Å². The summed E-state index contributed by atoms with van der Waals surface area (Å²) in [7, 11) is 4.79. The van der Waals surface area contributed by atoms with Crippen molar-refractivity contribution in [3.8, 4) is 17.2 Å². The number of amides is 1. The molecule has 10 rings (SSSR count). The molecule has 2 N–H and O–H groups in total. The van der Waals surface area contributed by atoms with Gasteiger partial charge >= 0.3 is 5.97 Å². The second kappa shape index (κ2) is 12.9. The van der Waals surface area contributed by atoms with Crippen molar-refractivity contribution in [2.45, 2.75) is 116 Å². The van der Waals surface area contributed by atoms with Crippen LogP contribution >= 0.6 is 0 Å². The Morgan fingerprint density at radius 3 is 2.12 bits per heavy atom. The number of allylic oxidation sites excluding steroid dienone is 4. The molecule has 4 saturated carbocycles. The lowest BCUT2D eigenvalue weighted by Gasteiger charge is -2.71. The molecule has 10 unspecified atom stereocenters. The molecule has 0 radical (unpaired) electrons. The van der Waals surface area contributed by atoms with E-state index >= 15 is 9.59 Å². The maximum Gasteiger partial charge on any atom is 0.313 e. The number of aliphatic hydroxyl groups excluding tert-OH is 1. The van der Waals surface area contributed by atoms with E-state index < -0.39 is 44.4 Å². The second-order valence-corrected chi connectivity index (χ2v) is 20.4. The van der Waals surface area contributed by atoms with Crippen molar-refractivity contribution in [3.05, 3.63) is 77.4 Å². The Balaban J connectivity index is 1.14. The van der Waals surface area contributed by atoms with E-state index in [1.54, 1.807) is 32.3 Å². The highest BCUT2D eigenvalue weighted by Crippen LogP contribution is 2.78. The highest BCUT2D eigenvalue weighted by atomic mass is 16.6. The van der Waals surface area contributed by atoms with Crippen molar-refractivity contribution in [3.63, 3.8) is 0 Å². The Kier molecular flexibility index (Phi) is 8.83. The molecular formula is C49H61NO9. The zero-order valence-corrected chi connectivity index (χ0v) is 36.0. The molecule has 5 fully saturated rings. The molecule has 2 spiro atoms. The number of rotatable bonds is 10. The van der Waals surface area contributed by atoms with Gasteiger partial charge in [0.05, 0.1) is 45.0 Å². The van der Waals surface area contributed by atoms with Crippen LogP contribution in [0.2, 0.25) is 0 Å². The van der Waals surface area contributed by atoms with Gasteiger partial charge in [-0.15, -0.1) is 0 Å². The molecule has 7 aliphatic carbocycles. The number of hydrogen-bond donors (Lipinski definition) is 2. The van der Waals surface area contributed by atoms with E-state index in [9.17, 15) is 15.0 Å². The summed E-state index contributed by atoms with van der Waals surface area (Å²) in [6, 6.07) is 12.8. The van der Waals surface area contributed by atoms with Crippen LogP contribution < -0.4 is 14.2 Å². The largest absolute Gasteiger partial charge is 0.497 e. The summed E-state index contributed by atoms with van der Waals surface area (Å²) in [5.74, 6) is 1.16. The van der Waals surface area contributed by atoms with Gasteiger partial charge in [0.25, 0.3) is 5.91 Å². The minimum absolute atomic E-state index is 0.0173. The summed E-state index contributed by atoms with van der Waals surface area (Å²) in [5.41, 5.74) is -4.26. The van der Waals surface area contributed by atoms with Gasteiger partial charge in [0.2, 0.25) is 0 Å². The molecule has 10 atom stereocenters. The molecule has 2 aromatic carbocycles. The lowest BCUT2D eigenvalue weighted by atomic mass is 9.32. The average molecular weight is 808 g/mol. The zero-order chi connectivity index (χ0) is 42.2. The number of nitrogens with zero attached hydrogens (tertiary/aromatic N) is 1. The van der Waals surface area contributed by atoms with E-state index in [-0.39, 0.29) is 48.0 Å². The smallest absolute Gasteiger partial charge is 0.313 e. The summed E-state index contributed by atoms with van der Waals surface area (Å²) in [6.45, 7) is 10.5. The number of hydrogen-bond acceptors (Lipinski definition) is 9. The fourth-order valence-electron chi connectivity index (χ4n) is 14.2. The van der Waals surface area contributed by atoms with Crippen LogP contribution in [-0.2, 0) is 20.9 Å². The Morgan fingerprint density at radius 2 is 1.47 bits per heavy atom. The lowest BCUT2D eigenvalue weighted by Crippen LogP contribution is -2.67. The standard InChI is InChI=1S/C49H61NO9/c1-42(2)45(5)21-24-49(42,59-41(45)54)40(53)50(28-31-11-14-34(57-7)25-36(31)58-8)29-47(55)20-17-38-44(47,4)19-16-37-43(3)18-15-32(51)26-46(43)22-23-48(37,38)35(27-46)39(52)30-9-12-33(56-6)13-10-30/h9-14,22-23,25,27,32,37-38,51,55H,15-21,24,26,28-29H2,1-8H3. The highest BCUT2D eigenvalue weighted by molar-refractivity contribution is 6.10. The number of ether oxygens (including phenoxy) is 4. The Morgan fingerprint density at radius 1 is 0.814 bits per heavy atom. The number of benzene rings is 2. The van der Waals surface area contributed by atoms with Gasteiger partial charge in [-0.2, -0.15) is 0 Å². The van der Waals surface area contributed by atoms with Crippen molar-refractivity contribution in [2.24, 2.45) is 44.3 Å². The first-order valence-corrected chi connectivity index (χ1v) is 21.6. The van der Waals surface area contributed by atoms with Gasteiger partial charge in [-0.3, -0.25) is 14.4 Å². The molecule has 10 heteroatoms. The van der Waals surface area contributed by atoms with E-state index in [1.807, 2.05) is 57.2 Å². The normalized spacial score (nSPS) is 40.7. The van der Waals surface area contributed by atoms with Gasteiger partial charge in [-0.1, -0.05) is 45.9 Å². The quantitative estimate of drug-likeness (QED) is 0.141. The van der Waals surface area contributed by atoms with Crippen molar-refractivity contribution in [1.29, 1.82) is 0 Å². The SMILES string of the molecule is COc1ccc(C(=O)C2=CC34C=CC25C(CCC2(C)C5CCC2(O)CN(Cc2ccc(OC)cc2OC)C(=O)C25CCC(C)(C(=O)O2)C5(C)C)C3(C)CCC(O)C4)cc1. The van der Waals surface area contributed by atoms with E-state index in [1.165, 1.54) is 0 Å². The van der Waals surface area contributed by atoms with Crippen molar-refractivity contribution in [1.82, 2.24) is 4.90 Å². The van der Waals surface area contributed by atoms with Crippen LogP contribution in [0.3, 0.4) is 0 Å². The molecule has 2 aromatic rings. The van der Waals surface area contributed by atoms with E-state index in [0.29, 0.717) is 67.8 Å². The predicted molar refractivity (Wildman–Crippen MR) is 221 cm³/mol. The van der Waals surface area contributed by atoms with Crippen molar-refractivity contribution >= 4 is 17.7 Å². The molecule has 1 saturated heterocycles. The van der Waals surface area contributed by atoms with Crippen LogP contribution in [0.5, 0.6) is 17.2 Å². The second-order valence-electron chi connectivity index (χ2n) is 20.4. The number of carbonyl (C=O) groups excluding carboxylic acids is 3. The first-order chi connectivity index (χ1) is 27.8. The highest BCUT2D eigenvalue weighted by Gasteiger charge is 2.78. The molecule has 1 aliphatic heterocycles. The summed E-state index contributed by atoms with van der Waals surface area (Å²) in [6.07, 6.45) is 12.1. The van der Waals surface area contributed by atoms with Gasteiger partial charge in [0.15, 0.2) is 11.4 Å². The summed E-state index contributed by atoms with van der Waals surface area (Å²) >= 11 is 0. The summed E-state index contributed by atoms with van der Waals surface area (Å²) < 4.78 is 23.0. The van der Waals surface area contributed by atoms with Crippen LogP contribution in [0, 0.1) is 44.3 Å². The minimum Gasteiger partial charge on any atom is -0.497 e. The van der Waals surface area contributed by atoms with Crippen LogP contribution in [0.15, 0.2) is 66.3 Å². The Labute approximate surface area is 348 Å². The number of carbonyl (C=O) groups is 3. The molecule has 59 heavy (non-hydrogen) atoms. The molecule has 1 amide bonds. The Hall–Kier alpha value is -4.15. The molecular weight excluding hydrogens is 747 g/mol. The molecule has 10 nitrogen and oxygen atoms in total. The summed E-state index contributed by atoms with van der Waals surface area (Å²) in [4.78, 5) is 45.8. The van der Waals surface area contributed by atoms with Gasteiger partial charge in [0.1, 0.15) is 17.2 Å². The number of esters is 1. The van der Waals surface area contributed by atoms with Gasteiger partial charge in [0, 0.05) is 51.0 Å². The molecule has 4 bridgehead atoms. The van der Waals surface area contributed by atoms with E-state index in [4.69, 9.17) is 18.9 Å². The maximum atomic E-state index is 15.5. The topological polar surface area (TPSA) is 132 Å². The number of aliphatic hydroxyl groups is 2. The monoisotopic (exact) mass is 807 g/mol. The average Bonchev–Trinajstić information content (AvgIpc) is 3.67. The van der Waals surface area contributed by atoms with Crippen molar-refractivity contribution < 1.29 is 43.5 Å². The first kappa shape index (κ1) is 40.3. The van der Waals surface area contributed by atoms with E-state index in [2.05, 4.69) is 32.1 Å². The number of methoxy groups -OCH3 is 3. The van der Waals surface area contributed by atoms with Crippen molar-refractivity contribution in [2.75, 3.05) is 27.9 Å². The maximum absolute atomic E-state index is 15.5. The fraction of sp³-hybridized carbons (Fsp3) is 0.612.